The first kappa shape index (κ1) is 9.73. The van der Waals surface area contributed by atoms with E-state index >= 15 is 0 Å². The molecule has 1 aliphatic rings. The quantitative estimate of drug-likeness (QED) is 0.825. The van der Waals surface area contributed by atoms with Crippen LogP contribution in [-0.4, -0.2) is 5.16 Å². The summed E-state index contributed by atoms with van der Waals surface area (Å²) >= 11 is 6.24. The van der Waals surface area contributed by atoms with Crippen LogP contribution in [0.15, 0.2) is 22.7 Å². The molecule has 0 amide bonds. The summed E-state index contributed by atoms with van der Waals surface area (Å²) < 4.78 is 4.86. The smallest absolute Gasteiger partial charge is 0.222 e. The Morgan fingerprint density at radius 2 is 2.12 bits per heavy atom. The van der Waals surface area contributed by atoms with Crippen molar-refractivity contribution in [2.24, 2.45) is 0 Å². The lowest BCUT2D eigenvalue weighted by Crippen LogP contribution is -1.87. The Bertz CT molecular complexity index is 548. The van der Waals surface area contributed by atoms with Crippen LogP contribution in [0.25, 0.3) is 11.3 Å². The van der Waals surface area contributed by atoms with Gasteiger partial charge >= 0.3 is 0 Å². The highest BCUT2D eigenvalue weighted by Gasteiger charge is 2.16. The Kier molecular flexibility index (Phi) is 2.14. The van der Waals surface area contributed by atoms with Gasteiger partial charge in [-0.15, -0.1) is 0 Å². The summed E-state index contributed by atoms with van der Waals surface area (Å²) in [5.41, 5.74) is 9.83. The molecule has 0 radical (unpaired) electrons. The molecule has 1 aromatic carbocycles. The minimum Gasteiger partial charge on any atom is -0.368 e. The summed E-state index contributed by atoms with van der Waals surface area (Å²) in [5.74, 6) is 0.326. The average Bonchev–Trinajstić information content (AvgIpc) is 2.85. The standard InChI is InChI=1S/C12H11ClN2O/c13-10-5-8(11-6-12(14)16-15-11)4-7-2-1-3-9(7)10/h4-6H,1-3,14H2. The number of nitrogen functional groups attached to an aromatic ring is 1. The maximum Gasteiger partial charge on any atom is 0.222 e. The molecule has 82 valence electrons. The van der Waals surface area contributed by atoms with Crippen LogP contribution >= 0.6 is 11.6 Å². The van der Waals surface area contributed by atoms with Gasteiger partial charge in [-0.05, 0) is 42.5 Å². The molecule has 3 nitrogen and oxygen atoms in total. The van der Waals surface area contributed by atoms with Gasteiger partial charge in [0.25, 0.3) is 0 Å². The largest absolute Gasteiger partial charge is 0.368 e. The molecule has 0 unspecified atom stereocenters. The highest BCUT2D eigenvalue weighted by molar-refractivity contribution is 6.31. The zero-order valence-electron chi connectivity index (χ0n) is 8.66. The number of aryl methyl sites for hydroxylation is 1. The van der Waals surface area contributed by atoms with Crippen LogP contribution in [0.5, 0.6) is 0 Å². The maximum atomic E-state index is 6.24. The van der Waals surface area contributed by atoms with E-state index < -0.39 is 0 Å². The topological polar surface area (TPSA) is 52.0 Å². The molecule has 2 N–H and O–H groups in total. The molecule has 1 aromatic heterocycles. The van der Waals surface area contributed by atoms with E-state index in [2.05, 4.69) is 11.2 Å². The van der Waals surface area contributed by atoms with Gasteiger partial charge in [0.2, 0.25) is 5.88 Å². The predicted molar refractivity (Wildman–Crippen MR) is 63.4 cm³/mol. The number of nitrogens with two attached hydrogens (primary N) is 1. The van der Waals surface area contributed by atoms with Crippen molar-refractivity contribution in [2.45, 2.75) is 19.3 Å². The minimum atomic E-state index is 0.326. The van der Waals surface area contributed by atoms with Gasteiger partial charge in [0.05, 0.1) is 0 Å². The van der Waals surface area contributed by atoms with E-state index in [1.54, 1.807) is 6.07 Å². The first-order chi connectivity index (χ1) is 7.74. The van der Waals surface area contributed by atoms with Crippen molar-refractivity contribution >= 4 is 17.5 Å². The first-order valence-electron chi connectivity index (χ1n) is 5.28. The number of benzene rings is 1. The lowest BCUT2D eigenvalue weighted by Gasteiger charge is -2.04. The SMILES string of the molecule is Nc1cc(-c2cc(Cl)c3c(c2)CCC3)no1. The molecular weight excluding hydrogens is 224 g/mol. The Labute approximate surface area is 98.2 Å². The highest BCUT2D eigenvalue weighted by atomic mass is 35.5. The van der Waals surface area contributed by atoms with E-state index in [9.17, 15) is 0 Å². The second-order valence-corrected chi connectivity index (χ2v) is 4.47. The van der Waals surface area contributed by atoms with Crippen LogP contribution in [-0.2, 0) is 12.8 Å². The van der Waals surface area contributed by atoms with Crippen molar-refractivity contribution in [1.82, 2.24) is 5.16 Å². The molecule has 0 saturated carbocycles. The fraction of sp³-hybridized carbons (Fsp3) is 0.250. The number of hydrogen-bond donors (Lipinski definition) is 1. The molecule has 0 saturated heterocycles. The summed E-state index contributed by atoms with van der Waals surface area (Å²) in [4.78, 5) is 0. The Morgan fingerprint density at radius 3 is 2.88 bits per heavy atom. The molecule has 1 aliphatic carbocycles. The van der Waals surface area contributed by atoms with E-state index in [0.717, 1.165) is 29.1 Å². The number of rotatable bonds is 1. The number of hydrogen-bond acceptors (Lipinski definition) is 3. The second kappa shape index (κ2) is 3.52. The average molecular weight is 235 g/mol. The van der Waals surface area contributed by atoms with Gasteiger partial charge in [0.1, 0.15) is 5.69 Å². The van der Waals surface area contributed by atoms with Crippen molar-refractivity contribution in [3.63, 3.8) is 0 Å². The van der Waals surface area contributed by atoms with E-state index in [1.807, 2.05) is 6.07 Å². The third-order valence-electron chi connectivity index (χ3n) is 2.98. The molecule has 4 heteroatoms. The Balaban J connectivity index is 2.12. The molecule has 3 rings (SSSR count). The Morgan fingerprint density at radius 1 is 1.25 bits per heavy atom. The maximum absolute atomic E-state index is 6.24. The molecular formula is C12H11ClN2O. The summed E-state index contributed by atoms with van der Waals surface area (Å²) in [6.45, 7) is 0. The molecule has 0 spiro atoms. The normalized spacial score (nSPS) is 14.1. The zero-order chi connectivity index (χ0) is 11.1. The molecule has 1 heterocycles. The summed E-state index contributed by atoms with van der Waals surface area (Å²) in [5, 5.41) is 4.72. The first-order valence-corrected chi connectivity index (χ1v) is 5.66. The fourth-order valence-corrected chi connectivity index (χ4v) is 2.56. The number of halogens is 1. The number of nitrogens with zero attached hydrogens (tertiary/aromatic N) is 1. The zero-order valence-corrected chi connectivity index (χ0v) is 9.42. The van der Waals surface area contributed by atoms with Gasteiger partial charge in [-0.1, -0.05) is 16.8 Å². The molecule has 2 aromatic rings. The summed E-state index contributed by atoms with van der Waals surface area (Å²) in [6, 6.07) is 5.78. The molecule has 0 atom stereocenters. The molecule has 0 fully saturated rings. The van der Waals surface area contributed by atoms with Gasteiger partial charge in [-0.25, -0.2) is 0 Å². The lowest BCUT2D eigenvalue weighted by atomic mass is 10.0. The van der Waals surface area contributed by atoms with Gasteiger partial charge in [0, 0.05) is 16.7 Å². The van der Waals surface area contributed by atoms with Gasteiger partial charge in [0.15, 0.2) is 0 Å². The number of anilines is 1. The van der Waals surface area contributed by atoms with Crippen molar-refractivity contribution in [3.8, 4) is 11.3 Å². The summed E-state index contributed by atoms with van der Waals surface area (Å²) in [6.07, 6.45) is 3.35. The second-order valence-electron chi connectivity index (χ2n) is 4.06. The van der Waals surface area contributed by atoms with E-state index in [1.165, 1.54) is 17.5 Å². The molecule has 16 heavy (non-hydrogen) atoms. The van der Waals surface area contributed by atoms with E-state index in [0.29, 0.717) is 5.88 Å². The number of aromatic nitrogens is 1. The van der Waals surface area contributed by atoms with Crippen LogP contribution in [0, 0.1) is 0 Å². The van der Waals surface area contributed by atoms with Crippen LogP contribution < -0.4 is 5.73 Å². The van der Waals surface area contributed by atoms with Crippen molar-refractivity contribution in [2.75, 3.05) is 5.73 Å². The van der Waals surface area contributed by atoms with Crippen molar-refractivity contribution in [3.05, 3.63) is 34.3 Å². The molecule has 0 aliphatic heterocycles. The molecule has 0 bridgehead atoms. The number of fused-ring (bicyclic) bond motifs is 1. The monoisotopic (exact) mass is 234 g/mol. The lowest BCUT2D eigenvalue weighted by molar-refractivity contribution is 0.439. The predicted octanol–water partition coefficient (Wildman–Crippen LogP) is 3.07. The van der Waals surface area contributed by atoms with Crippen LogP contribution in [0.4, 0.5) is 5.88 Å². The van der Waals surface area contributed by atoms with Gasteiger partial charge in [-0.3, -0.25) is 0 Å². The summed E-state index contributed by atoms with van der Waals surface area (Å²) in [7, 11) is 0. The van der Waals surface area contributed by atoms with E-state index in [4.69, 9.17) is 21.9 Å². The van der Waals surface area contributed by atoms with Crippen LogP contribution in [0.1, 0.15) is 17.5 Å². The van der Waals surface area contributed by atoms with Crippen molar-refractivity contribution < 1.29 is 4.52 Å². The highest BCUT2D eigenvalue weighted by Crippen LogP contribution is 2.33. The van der Waals surface area contributed by atoms with Crippen LogP contribution in [0.2, 0.25) is 5.02 Å². The minimum absolute atomic E-state index is 0.326. The van der Waals surface area contributed by atoms with Gasteiger partial charge in [-0.2, -0.15) is 0 Å². The van der Waals surface area contributed by atoms with Gasteiger partial charge < -0.3 is 10.3 Å². The third-order valence-corrected chi connectivity index (χ3v) is 3.32. The third kappa shape index (κ3) is 1.48. The van der Waals surface area contributed by atoms with Crippen LogP contribution in [0.3, 0.4) is 0 Å². The van der Waals surface area contributed by atoms with Crippen molar-refractivity contribution in [1.29, 1.82) is 0 Å². The van der Waals surface area contributed by atoms with E-state index in [-0.39, 0.29) is 0 Å². The fourth-order valence-electron chi connectivity index (χ4n) is 2.23. The Hall–Kier alpha value is -1.48.